The SMILES string of the molecule is [CH2]c1cc2c([nH]1)CCCC2. The molecule has 0 bridgehead atoms. The van der Waals surface area contributed by atoms with E-state index in [4.69, 9.17) is 0 Å². The predicted molar refractivity (Wildman–Crippen MR) is 41.9 cm³/mol. The van der Waals surface area contributed by atoms with E-state index in [1.807, 2.05) is 0 Å². The molecule has 0 atom stereocenters. The van der Waals surface area contributed by atoms with Crippen LogP contribution in [0.2, 0.25) is 0 Å². The van der Waals surface area contributed by atoms with E-state index in [0.717, 1.165) is 5.69 Å². The van der Waals surface area contributed by atoms with Crippen molar-refractivity contribution in [3.8, 4) is 0 Å². The molecule has 0 spiro atoms. The van der Waals surface area contributed by atoms with Crippen LogP contribution < -0.4 is 0 Å². The first-order valence-corrected chi connectivity index (χ1v) is 3.89. The van der Waals surface area contributed by atoms with Crippen LogP contribution in [0.3, 0.4) is 0 Å². The summed E-state index contributed by atoms with van der Waals surface area (Å²) in [5.74, 6) is 0. The van der Waals surface area contributed by atoms with Crippen molar-refractivity contribution in [2.45, 2.75) is 25.7 Å². The van der Waals surface area contributed by atoms with Gasteiger partial charge in [-0.25, -0.2) is 0 Å². The number of rotatable bonds is 0. The second-order valence-electron chi connectivity index (χ2n) is 3.01. The second-order valence-corrected chi connectivity index (χ2v) is 3.01. The van der Waals surface area contributed by atoms with Crippen molar-refractivity contribution in [2.75, 3.05) is 0 Å². The zero-order valence-corrected chi connectivity index (χ0v) is 6.11. The minimum Gasteiger partial charge on any atom is -0.362 e. The maximum absolute atomic E-state index is 3.87. The van der Waals surface area contributed by atoms with Gasteiger partial charge in [0.1, 0.15) is 0 Å². The van der Waals surface area contributed by atoms with Crippen molar-refractivity contribution < 1.29 is 0 Å². The maximum Gasteiger partial charge on any atom is 0.0181 e. The van der Waals surface area contributed by atoms with E-state index in [1.54, 1.807) is 0 Å². The van der Waals surface area contributed by atoms with Crippen LogP contribution in [0.1, 0.15) is 29.8 Å². The Kier molecular flexibility index (Phi) is 1.30. The van der Waals surface area contributed by atoms with Gasteiger partial charge in [-0.1, -0.05) is 0 Å². The molecule has 2 rings (SSSR count). The minimum absolute atomic E-state index is 1.08. The van der Waals surface area contributed by atoms with Crippen LogP contribution in [0.15, 0.2) is 6.07 Å². The molecule has 0 aliphatic heterocycles. The van der Waals surface area contributed by atoms with Crippen molar-refractivity contribution in [1.82, 2.24) is 4.98 Å². The van der Waals surface area contributed by atoms with Gasteiger partial charge in [0.2, 0.25) is 0 Å². The van der Waals surface area contributed by atoms with Crippen LogP contribution in [0, 0.1) is 6.92 Å². The fraction of sp³-hybridized carbons (Fsp3) is 0.444. The zero-order chi connectivity index (χ0) is 6.97. The lowest BCUT2D eigenvalue weighted by Gasteiger charge is -2.08. The first-order chi connectivity index (χ1) is 4.86. The van der Waals surface area contributed by atoms with E-state index < -0.39 is 0 Å². The normalized spacial score (nSPS) is 16.9. The van der Waals surface area contributed by atoms with Gasteiger partial charge in [0.15, 0.2) is 0 Å². The van der Waals surface area contributed by atoms with Crippen LogP contribution >= 0.6 is 0 Å². The van der Waals surface area contributed by atoms with Gasteiger partial charge in [0, 0.05) is 11.4 Å². The van der Waals surface area contributed by atoms with Crippen molar-refractivity contribution in [3.05, 3.63) is 29.9 Å². The monoisotopic (exact) mass is 134 g/mol. The highest BCUT2D eigenvalue weighted by Gasteiger charge is 2.09. The molecule has 1 heterocycles. The maximum atomic E-state index is 3.87. The Morgan fingerprint density at radius 1 is 1.30 bits per heavy atom. The molecule has 1 radical (unpaired) electrons. The molecule has 1 heteroatoms. The van der Waals surface area contributed by atoms with E-state index in [-0.39, 0.29) is 0 Å². The molecule has 1 aromatic rings. The number of H-pyrrole nitrogens is 1. The van der Waals surface area contributed by atoms with Crippen molar-refractivity contribution >= 4 is 0 Å². The van der Waals surface area contributed by atoms with E-state index in [0.29, 0.717) is 0 Å². The van der Waals surface area contributed by atoms with Gasteiger partial charge in [-0.15, -0.1) is 0 Å². The van der Waals surface area contributed by atoms with Gasteiger partial charge in [-0.2, -0.15) is 0 Å². The molecular formula is C9H12N. The van der Waals surface area contributed by atoms with Gasteiger partial charge in [0.05, 0.1) is 0 Å². The summed E-state index contributed by atoms with van der Waals surface area (Å²) in [5, 5.41) is 0. The van der Waals surface area contributed by atoms with Crippen LogP contribution in [0.4, 0.5) is 0 Å². The molecule has 1 N–H and O–H groups in total. The molecule has 0 saturated heterocycles. The quantitative estimate of drug-likeness (QED) is 0.559. The topological polar surface area (TPSA) is 15.8 Å². The Bertz CT molecular complexity index is 211. The van der Waals surface area contributed by atoms with Gasteiger partial charge < -0.3 is 4.98 Å². The van der Waals surface area contributed by atoms with Crippen LogP contribution in [0.5, 0.6) is 0 Å². The van der Waals surface area contributed by atoms with E-state index in [1.165, 1.54) is 36.9 Å². The van der Waals surface area contributed by atoms with Crippen molar-refractivity contribution in [2.24, 2.45) is 0 Å². The summed E-state index contributed by atoms with van der Waals surface area (Å²) >= 11 is 0. The first kappa shape index (κ1) is 6.02. The molecule has 0 amide bonds. The summed E-state index contributed by atoms with van der Waals surface area (Å²) in [7, 11) is 0. The minimum atomic E-state index is 1.08. The number of aromatic amines is 1. The molecule has 1 nitrogen and oxygen atoms in total. The highest BCUT2D eigenvalue weighted by atomic mass is 14.7. The zero-order valence-electron chi connectivity index (χ0n) is 6.11. The number of nitrogens with one attached hydrogen (secondary N) is 1. The lowest BCUT2D eigenvalue weighted by atomic mass is 9.98. The van der Waals surface area contributed by atoms with Crippen LogP contribution in [-0.4, -0.2) is 4.98 Å². The molecule has 0 unspecified atom stereocenters. The number of hydrogen-bond acceptors (Lipinski definition) is 0. The number of fused-ring (bicyclic) bond motifs is 1. The Balaban J connectivity index is 2.41. The smallest absolute Gasteiger partial charge is 0.0181 e. The molecule has 0 fully saturated rings. The average Bonchev–Trinajstić information content (AvgIpc) is 2.27. The number of aromatic nitrogens is 1. The van der Waals surface area contributed by atoms with E-state index in [2.05, 4.69) is 18.0 Å². The summed E-state index contributed by atoms with van der Waals surface area (Å²) in [6.07, 6.45) is 5.17. The summed E-state index contributed by atoms with van der Waals surface area (Å²) in [6.45, 7) is 3.87. The Labute approximate surface area is 61.5 Å². The fourth-order valence-corrected chi connectivity index (χ4v) is 1.67. The van der Waals surface area contributed by atoms with E-state index >= 15 is 0 Å². The van der Waals surface area contributed by atoms with Crippen molar-refractivity contribution in [1.29, 1.82) is 0 Å². The summed E-state index contributed by atoms with van der Waals surface area (Å²) in [4.78, 5) is 3.29. The number of aryl methyl sites for hydroxylation is 2. The third-order valence-electron chi connectivity index (χ3n) is 2.17. The molecule has 1 aromatic heterocycles. The Morgan fingerprint density at radius 2 is 2.10 bits per heavy atom. The standard InChI is InChI=1S/C9H12N/c1-7-6-8-4-2-3-5-9(8)10-7/h6,10H,1-5H2. The van der Waals surface area contributed by atoms with E-state index in [9.17, 15) is 0 Å². The fourth-order valence-electron chi connectivity index (χ4n) is 1.67. The van der Waals surface area contributed by atoms with Crippen LogP contribution in [0.25, 0.3) is 0 Å². The molecule has 0 aromatic carbocycles. The molecule has 53 valence electrons. The third-order valence-corrected chi connectivity index (χ3v) is 2.17. The average molecular weight is 134 g/mol. The van der Waals surface area contributed by atoms with Gasteiger partial charge in [-0.05, 0) is 44.2 Å². The molecular weight excluding hydrogens is 122 g/mol. The molecule has 10 heavy (non-hydrogen) atoms. The lowest BCUT2D eigenvalue weighted by Crippen LogP contribution is -1.99. The van der Waals surface area contributed by atoms with Gasteiger partial charge in [0.25, 0.3) is 0 Å². The second kappa shape index (κ2) is 2.15. The highest BCUT2D eigenvalue weighted by Crippen LogP contribution is 2.20. The predicted octanol–water partition coefficient (Wildman–Crippen LogP) is 2.08. The van der Waals surface area contributed by atoms with Gasteiger partial charge >= 0.3 is 0 Å². The summed E-state index contributed by atoms with van der Waals surface area (Å²) in [5.41, 5.74) is 4.00. The third kappa shape index (κ3) is 0.859. The van der Waals surface area contributed by atoms with Gasteiger partial charge in [-0.3, -0.25) is 0 Å². The lowest BCUT2D eigenvalue weighted by molar-refractivity contribution is 0.677. The molecule has 1 aliphatic rings. The summed E-state index contributed by atoms with van der Waals surface area (Å²) < 4.78 is 0. The Morgan fingerprint density at radius 3 is 2.90 bits per heavy atom. The van der Waals surface area contributed by atoms with Crippen molar-refractivity contribution in [3.63, 3.8) is 0 Å². The molecule has 0 saturated carbocycles. The first-order valence-electron chi connectivity index (χ1n) is 3.89. The molecule has 1 aliphatic carbocycles. The summed E-state index contributed by atoms with van der Waals surface area (Å²) in [6, 6.07) is 2.18. The van der Waals surface area contributed by atoms with Crippen LogP contribution in [-0.2, 0) is 12.8 Å². The largest absolute Gasteiger partial charge is 0.362 e. The Hall–Kier alpha value is -0.720. The highest BCUT2D eigenvalue weighted by molar-refractivity contribution is 5.29. The number of hydrogen-bond donors (Lipinski definition) is 1.